The Hall–Kier alpha value is -2.12. The van der Waals surface area contributed by atoms with Crippen LogP contribution in [0.3, 0.4) is 0 Å². The van der Waals surface area contributed by atoms with Crippen molar-refractivity contribution >= 4 is 5.91 Å². The van der Waals surface area contributed by atoms with Crippen molar-refractivity contribution in [3.8, 4) is 0 Å². The molecule has 1 amide bonds. The Labute approximate surface area is 140 Å². The van der Waals surface area contributed by atoms with Crippen LogP contribution >= 0.6 is 0 Å². The molecule has 0 bridgehead atoms. The zero-order valence-corrected chi connectivity index (χ0v) is 13.7. The van der Waals surface area contributed by atoms with Crippen molar-refractivity contribution in [2.24, 2.45) is 7.05 Å². The second kappa shape index (κ2) is 6.41. The van der Waals surface area contributed by atoms with Gasteiger partial charge in [0.2, 0.25) is 0 Å². The summed E-state index contributed by atoms with van der Waals surface area (Å²) in [6, 6.07) is 2.32. The number of rotatable bonds is 4. The molecule has 128 valence electrons. The largest absolute Gasteiger partial charge is 0.472 e. The van der Waals surface area contributed by atoms with Crippen molar-refractivity contribution in [1.29, 1.82) is 0 Å². The number of nitrogens with zero attached hydrogens (tertiary/aromatic N) is 3. The van der Waals surface area contributed by atoms with Crippen molar-refractivity contribution in [3.63, 3.8) is 0 Å². The van der Waals surface area contributed by atoms with E-state index in [0.29, 0.717) is 11.6 Å². The molecule has 0 saturated carbocycles. The number of ether oxygens (including phenoxy) is 1. The first-order chi connectivity index (χ1) is 11.7. The number of furan rings is 1. The summed E-state index contributed by atoms with van der Waals surface area (Å²) >= 11 is 0. The van der Waals surface area contributed by atoms with E-state index in [1.807, 2.05) is 6.07 Å². The maximum atomic E-state index is 12.5. The molecule has 2 aliphatic rings. The molecule has 0 spiro atoms. The summed E-state index contributed by atoms with van der Waals surface area (Å²) in [7, 11) is 1.80. The third-order valence-corrected chi connectivity index (χ3v) is 4.88. The van der Waals surface area contributed by atoms with Gasteiger partial charge in [-0.25, -0.2) is 0 Å². The Morgan fingerprint density at radius 2 is 2.42 bits per heavy atom. The van der Waals surface area contributed by atoms with E-state index < -0.39 is 0 Å². The van der Waals surface area contributed by atoms with Crippen LogP contribution < -0.4 is 5.32 Å². The first-order valence-corrected chi connectivity index (χ1v) is 8.37. The number of nitrogens with one attached hydrogen (secondary N) is 1. The summed E-state index contributed by atoms with van der Waals surface area (Å²) < 4.78 is 12.8. The molecule has 2 aromatic rings. The number of amides is 1. The second-order valence-corrected chi connectivity index (χ2v) is 6.59. The number of aromatic nitrogens is 2. The van der Waals surface area contributed by atoms with Crippen LogP contribution in [-0.2, 0) is 18.3 Å². The fourth-order valence-electron chi connectivity index (χ4n) is 3.77. The van der Waals surface area contributed by atoms with Crippen molar-refractivity contribution in [2.45, 2.75) is 37.6 Å². The number of carbonyl (C=O) groups is 1. The van der Waals surface area contributed by atoms with E-state index in [1.54, 1.807) is 36.6 Å². The van der Waals surface area contributed by atoms with Crippen molar-refractivity contribution < 1.29 is 13.9 Å². The van der Waals surface area contributed by atoms with Gasteiger partial charge in [-0.3, -0.25) is 14.4 Å². The molecule has 1 N–H and O–H groups in total. The molecule has 0 aromatic carbocycles. The molecule has 7 heteroatoms. The van der Waals surface area contributed by atoms with E-state index in [9.17, 15) is 4.79 Å². The second-order valence-electron chi connectivity index (χ2n) is 6.59. The molecule has 3 atom stereocenters. The molecule has 0 aliphatic carbocycles. The first-order valence-electron chi connectivity index (χ1n) is 8.37. The lowest BCUT2D eigenvalue weighted by atomic mass is 10.0. The number of hydrogen-bond acceptors (Lipinski definition) is 5. The van der Waals surface area contributed by atoms with E-state index in [1.165, 1.54) is 0 Å². The highest BCUT2D eigenvalue weighted by molar-refractivity contribution is 5.93. The van der Waals surface area contributed by atoms with Crippen molar-refractivity contribution in [3.05, 3.63) is 42.1 Å². The molecule has 24 heavy (non-hydrogen) atoms. The van der Waals surface area contributed by atoms with Crippen LogP contribution in [0.2, 0.25) is 0 Å². The molecule has 4 rings (SSSR count). The molecule has 4 heterocycles. The Balaban J connectivity index is 1.47. The third-order valence-electron chi connectivity index (χ3n) is 4.88. The van der Waals surface area contributed by atoms with Gasteiger partial charge in [-0.1, -0.05) is 0 Å². The summed E-state index contributed by atoms with van der Waals surface area (Å²) in [6.45, 7) is 2.37. The predicted molar refractivity (Wildman–Crippen MR) is 86.3 cm³/mol. The maximum absolute atomic E-state index is 12.5. The molecule has 0 unspecified atom stereocenters. The Bertz CT molecular complexity index is 697. The van der Waals surface area contributed by atoms with Gasteiger partial charge in [-0.15, -0.1) is 0 Å². The van der Waals surface area contributed by atoms with Gasteiger partial charge in [0.1, 0.15) is 0 Å². The maximum Gasteiger partial charge on any atom is 0.254 e. The van der Waals surface area contributed by atoms with E-state index in [4.69, 9.17) is 9.15 Å². The minimum absolute atomic E-state index is 0.00472. The molecule has 2 saturated heterocycles. The number of aryl methyl sites for hydroxylation is 1. The SMILES string of the molecule is Cn1cc(C(=O)N[C@@H]2CN(Cc3ccoc3)[C@@H]3CCCO[C@@H]32)cn1. The van der Waals surface area contributed by atoms with E-state index in [-0.39, 0.29) is 18.1 Å². The lowest BCUT2D eigenvalue weighted by Crippen LogP contribution is -2.47. The van der Waals surface area contributed by atoms with Gasteiger partial charge >= 0.3 is 0 Å². The Morgan fingerprint density at radius 3 is 3.17 bits per heavy atom. The average Bonchev–Trinajstić information content (AvgIpc) is 3.30. The molecule has 2 aromatic heterocycles. The highest BCUT2D eigenvalue weighted by Gasteiger charge is 2.44. The number of hydrogen-bond donors (Lipinski definition) is 1. The van der Waals surface area contributed by atoms with E-state index >= 15 is 0 Å². The number of likely N-dealkylation sites (tertiary alicyclic amines) is 1. The van der Waals surface area contributed by atoms with Crippen LogP contribution in [0.4, 0.5) is 0 Å². The fraction of sp³-hybridized carbons (Fsp3) is 0.529. The van der Waals surface area contributed by atoms with Crippen LogP contribution in [0.1, 0.15) is 28.8 Å². The van der Waals surface area contributed by atoms with Gasteiger partial charge < -0.3 is 14.5 Å². The fourth-order valence-corrected chi connectivity index (χ4v) is 3.77. The third kappa shape index (κ3) is 2.97. The average molecular weight is 330 g/mol. The Morgan fingerprint density at radius 1 is 1.50 bits per heavy atom. The zero-order chi connectivity index (χ0) is 16.5. The van der Waals surface area contributed by atoms with Gasteiger partial charge in [0, 0.05) is 44.5 Å². The van der Waals surface area contributed by atoms with Gasteiger partial charge in [-0.05, 0) is 18.9 Å². The summed E-state index contributed by atoms with van der Waals surface area (Å²) in [5, 5.41) is 7.20. The molecular formula is C17H22N4O3. The van der Waals surface area contributed by atoms with Gasteiger partial charge in [0.15, 0.2) is 0 Å². The summed E-state index contributed by atoms with van der Waals surface area (Å²) in [4.78, 5) is 14.9. The minimum atomic E-state index is -0.0915. The zero-order valence-electron chi connectivity index (χ0n) is 13.7. The quantitative estimate of drug-likeness (QED) is 0.911. The minimum Gasteiger partial charge on any atom is -0.472 e. The van der Waals surface area contributed by atoms with E-state index in [2.05, 4.69) is 15.3 Å². The molecule has 0 radical (unpaired) electrons. The van der Waals surface area contributed by atoms with Crippen LogP contribution in [0.15, 0.2) is 35.4 Å². The highest BCUT2D eigenvalue weighted by atomic mass is 16.5. The first kappa shape index (κ1) is 15.4. The van der Waals surface area contributed by atoms with Gasteiger partial charge in [0.25, 0.3) is 5.91 Å². The van der Waals surface area contributed by atoms with Crippen molar-refractivity contribution in [2.75, 3.05) is 13.2 Å². The monoisotopic (exact) mass is 330 g/mol. The molecule has 2 aliphatic heterocycles. The molecule has 2 fully saturated rings. The van der Waals surface area contributed by atoms with Crippen LogP contribution in [0, 0.1) is 0 Å². The number of fused-ring (bicyclic) bond motifs is 1. The highest BCUT2D eigenvalue weighted by Crippen LogP contribution is 2.30. The summed E-state index contributed by atoms with van der Waals surface area (Å²) in [5.41, 5.74) is 1.73. The van der Waals surface area contributed by atoms with Gasteiger partial charge in [0.05, 0.1) is 36.4 Å². The van der Waals surface area contributed by atoms with Crippen LogP contribution in [-0.4, -0.2) is 51.9 Å². The topological polar surface area (TPSA) is 72.5 Å². The predicted octanol–water partition coefficient (Wildman–Crippen LogP) is 1.17. The summed E-state index contributed by atoms with van der Waals surface area (Å²) in [5.74, 6) is -0.0915. The Kier molecular flexibility index (Phi) is 4.12. The summed E-state index contributed by atoms with van der Waals surface area (Å²) in [6.07, 6.45) is 9.00. The smallest absolute Gasteiger partial charge is 0.254 e. The lowest BCUT2D eigenvalue weighted by Gasteiger charge is -2.32. The number of carbonyl (C=O) groups excluding carboxylic acids is 1. The molecule has 7 nitrogen and oxygen atoms in total. The standard InChI is InChI=1S/C17H22N4O3/c1-20-9-13(7-18-20)17(22)19-14-10-21(8-12-4-6-23-11-12)15-3-2-5-24-16(14)15/h4,6-7,9,11,14-16H,2-3,5,8,10H2,1H3,(H,19,22)/t14-,15-,16-/m1/s1. The van der Waals surface area contributed by atoms with Crippen LogP contribution in [0.25, 0.3) is 0 Å². The van der Waals surface area contributed by atoms with Crippen LogP contribution in [0.5, 0.6) is 0 Å². The van der Waals surface area contributed by atoms with E-state index in [0.717, 1.165) is 38.1 Å². The molecular weight excluding hydrogens is 308 g/mol. The van der Waals surface area contributed by atoms with Gasteiger partial charge in [-0.2, -0.15) is 5.10 Å². The lowest BCUT2D eigenvalue weighted by molar-refractivity contribution is -0.0211. The normalized spacial score (nSPS) is 27.1. The van der Waals surface area contributed by atoms with Crippen molar-refractivity contribution in [1.82, 2.24) is 20.0 Å².